The third kappa shape index (κ3) is 6.10. The fraction of sp³-hybridized carbons (Fsp3) is 0.562. The molecule has 1 atom stereocenters. The second-order valence-electron chi connectivity index (χ2n) is 5.72. The molecule has 1 saturated heterocycles. The highest BCUT2D eigenvalue weighted by molar-refractivity contribution is 5.77. The van der Waals surface area contributed by atoms with Crippen LogP contribution in [0.5, 0.6) is 0 Å². The molecule has 0 spiro atoms. The average Bonchev–Trinajstić information content (AvgIpc) is 2.55. The summed E-state index contributed by atoms with van der Waals surface area (Å²) < 4.78 is 40.3. The molecule has 24 heavy (non-hydrogen) atoms. The zero-order valence-corrected chi connectivity index (χ0v) is 13.2. The summed E-state index contributed by atoms with van der Waals surface area (Å²) >= 11 is 0. The number of hydrogen-bond acceptors (Lipinski definition) is 4. The molecule has 0 aliphatic carbocycles. The summed E-state index contributed by atoms with van der Waals surface area (Å²) in [6.07, 6.45) is -5.03. The number of carbonyl (C=O) groups excluding carboxylic acids is 1. The van der Waals surface area contributed by atoms with Crippen LogP contribution in [0.4, 0.5) is 13.2 Å². The maximum Gasteiger partial charge on any atom is 0.411 e. The fourth-order valence-corrected chi connectivity index (χ4v) is 2.55. The van der Waals surface area contributed by atoms with Gasteiger partial charge in [0.1, 0.15) is 13.2 Å². The van der Waals surface area contributed by atoms with Crippen LogP contribution < -0.4 is 0 Å². The second kappa shape index (κ2) is 8.46. The van der Waals surface area contributed by atoms with Gasteiger partial charge in [0.2, 0.25) is 5.91 Å². The van der Waals surface area contributed by atoms with Gasteiger partial charge in [0, 0.05) is 32.7 Å². The normalized spacial score (nSPS) is 17.8. The Kier molecular flexibility index (Phi) is 6.59. The predicted octanol–water partition coefficient (Wildman–Crippen LogP) is 1.44. The van der Waals surface area contributed by atoms with Crippen molar-refractivity contribution in [3.63, 3.8) is 0 Å². The van der Waals surface area contributed by atoms with E-state index in [4.69, 9.17) is 0 Å². The van der Waals surface area contributed by atoms with Gasteiger partial charge in [0.25, 0.3) is 0 Å². The molecule has 0 unspecified atom stereocenters. The molecule has 1 fully saturated rings. The molecule has 1 heterocycles. The number of carbonyl (C=O) groups is 1. The van der Waals surface area contributed by atoms with Crippen LogP contribution >= 0.6 is 0 Å². The van der Waals surface area contributed by atoms with Crippen LogP contribution in [0, 0.1) is 0 Å². The first-order valence-corrected chi connectivity index (χ1v) is 7.73. The van der Waals surface area contributed by atoms with Crippen LogP contribution in [-0.4, -0.2) is 72.9 Å². The van der Waals surface area contributed by atoms with Crippen LogP contribution in [0.15, 0.2) is 30.3 Å². The zero-order chi connectivity index (χ0) is 17.6. The van der Waals surface area contributed by atoms with E-state index in [9.17, 15) is 23.1 Å². The monoisotopic (exact) mass is 346 g/mol. The zero-order valence-electron chi connectivity index (χ0n) is 13.2. The number of ether oxygens (including phenoxy) is 1. The molecule has 8 heteroatoms. The summed E-state index contributed by atoms with van der Waals surface area (Å²) in [5, 5.41) is 10.2. The smallest absolute Gasteiger partial charge is 0.387 e. The molecule has 1 aliphatic heterocycles. The first-order valence-electron chi connectivity index (χ1n) is 7.73. The third-order valence-electron chi connectivity index (χ3n) is 3.83. The van der Waals surface area contributed by atoms with Crippen LogP contribution in [0.2, 0.25) is 0 Å². The molecular weight excluding hydrogens is 325 g/mol. The number of hydrogen-bond donors (Lipinski definition) is 1. The largest absolute Gasteiger partial charge is 0.411 e. The van der Waals surface area contributed by atoms with Crippen molar-refractivity contribution in [1.82, 2.24) is 9.80 Å². The van der Waals surface area contributed by atoms with Crippen molar-refractivity contribution < 1.29 is 27.8 Å². The van der Waals surface area contributed by atoms with E-state index in [0.29, 0.717) is 32.7 Å². The summed E-state index contributed by atoms with van der Waals surface area (Å²) in [6, 6.07) is 9.29. The number of aliphatic hydroxyl groups is 1. The van der Waals surface area contributed by atoms with E-state index < -0.39 is 31.4 Å². The van der Waals surface area contributed by atoms with E-state index >= 15 is 0 Å². The van der Waals surface area contributed by atoms with Gasteiger partial charge in [-0.1, -0.05) is 30.3 Å². The van der Waals surface area contributed by atoms with Crippen LogP contribution in [0.25, 0.3) is 0 Å². The Morgan fingerprint density at radius 2 is 1.79 bits per heavy atom. The van der Waals surface area contributed by atoms with Gasteiger partial charge in [-0.05, 0) is 5.56 Å². The Morgan fingerprint density at radius 1 is 1.17 bits per heavy atom. The van der Waals surface area contributed by atoms with Gasteiger partial charge in [-0.3, -0.25) is 9.69 Å². The van der Waals surface area contributed by atoms with Gasteiger partial charge in [0.05, 0.1) is 6.10 Å². The molecule has 2 rings (SSSR count). The van der Waals surface area contributed by atoms with Crippen LogP contribution in [0.3, 0.4) is 0 Å². The topological polar surface area (TPSA) is 53.0 Å². The standard InChI is InChI=1S/C16H21F3N2O3/c17-16(18,19)12-24-11-15(23)21-8-6-20(7-9-21)10-14(22)13-4-2-1-3-5-13/h1-5,14,22H,6-12H2/t14-/m1/s1. The second-order valence-corrected chi connectivity index (χ2v) is 5.72. The van der Waals surface area contributed by atoms with Gasteiger partial charge in [-0.15, -0.1) is 0 Å². The van der Waals surface area contributed by atoms with Crippen molar-refractivity contribution >= 4 is 5.91 Å². The Bertz CT molecular complexity index is 517. The molecule has 1 amide bonds. The lowest BCUT2D eigenvalue weighted by molar-refractivity contribution is -0.178. The van der Waals surface area contributed by atoms with Crippen molar-refractivity contribution in [3.05, 3.63) is 35.9 Å². The first-order chi connectivity index (χ1) is 11.3. The molecule has 0 saturated carbocycles. The molecule has 0 bridgehead atoms. The Balaban J connectivity index is 1.70. The number of β-amino-alcohol motifs (C(OH)–C–C–N with tert-alkyl or cyclic N) is 1. The fourth-order valence-electron chi connectivity index (χ4n) is 2.55. The predicted molar refractivity (Wildman–Crippen MR) is 81.3 cm³/mol. The van der Waals surface area contributed by atoms with E-state index in [0.717, 1.165) is 5.56 Å². The van der Waals surface area contributed by atoms with E-state index in [2.05, 4.69) is 4.74 Å². The first kappa shape index (κ1) is 18.7. The minimum atomic E-state index is -4.42. The number of aliphatic hydroxyl groups excluding tert-OH is 1. The minimum Gasteiger partial charge on any atom is -0.387 e. The van der Waals surface area contributed by atoms with E-state index in [-0.39, 0.29) is 0 Å². The highest BCUT2D eigenvalue weighted by atomic mass is 19.4. The number of piperazine rings is 1. The van der Waals surface area contributed by atoms with Crippen LogP contribution in [-0.2, 0) is 9.53 Å². The van der Waals surface area contributed by atoms with Crippen molar-refractivity contribution in [2.24, 2.45) is 0 Å². The number of halogens is 3. The van der Waals surface area contributed by atoms with Gasteiger partial charge in [-0.2, -0.15) is 13.2 Å². The maximum absolute atomic E-state index is 12.0. The van der Waals surface area contributed by atoms with Crippen molar-refractivity contribution in [2.75, 3.05) is 45.9 Å². The van der Waals surface area contributed by atoms with Crippen molar-refractivity contribution in [1.29, 1.82) is 0 Å². The molecule has 134 valence electrons. The summed E-state index contributed by atoms with van der Waals surface area (Å²) in [5.74, 6) is -0.442. The molecule has 0 radical (unpaired) electrons. The minimum absolute atomic E-state index is 0.412. The Hall–Kier alpha value is -1.64. The van der Waals surface area contributed by atoms with Gasteiger partial charge >= 0.3 is 6.18 Å². The summed E-state index contributed by atoms with van der Waals surface area (Å²) in [5.41, 5.74) is 0.830. The van der Waals surface area contributed by atoms with Gasteiger partial charge in [-0.25, -0.2) is 0 Å². The summed E-state index contributed by atoms with van der Waals surface area (Å²) in [6.45, 7) is 0.431. The number of rotatable bonds is 6. The molecule has 1 N–H and O–H groups in total. The van der Waals surface area contributed by atoms with E-state index in [1.54, 1.807) is 0 Å². The van der Waals surface area contributed by atoms with E-state index in [1.165, 1.54) is 4.90 Å². The number of amides is 1. The van der Waals surface area contributed by atoms with Crippen molar-refractivity contribution in [3.8, 4) is 0 Å². The molecule has 0 aromatic heterocycles. The molecule has 1 aromatic rings. The summed E-state index contributed by atoms with van der Waals surface area (Å²) in [7, 11) is 0. The third-order valence-corrected chi connectivity index (χ3v) is 3.83. The SMILES string of the molecule is O=C(COCC(F)(F)F)N1CCN(C[C@@H](O)c2ccccc2)CC1. The summed E-state index contributed by atoms with van der Waals surface area (Å²) in [4.78, 5) is 15.3. The number of nitrogens with zero attached hydrogens (tertiary/aromatic N) is 2. The highest BCUT2D eigenvalue weighted by Crippen LogP contribution is 2.16. The van der Waals surface area contributed by atoms with Gasteiger partial charge in [0.15, 0.2) is 0 Å². The number of benzene rings is 1. The molecule has 5 nitrogen and oxygen atoms in total. The van der Waals surface area contributed by atoms with Crippen molar-refractivity contribution in [2.45, 2.75) is 12.3 Å². The average molecular weight is 346 g/mol. The quantitative estimate of drug-likeness (QED) is 0.847. The molecular formula is C16H21F3N2O3. The van der Waals surface area contributed by atoms with Crippen LogP contribution in [0.1, 0.15) is 11.7 Å². The maximum atomic E-state index is 12.0. The lowest BCUT2D eigenvalue weighted by atomic mass is 10.1. The molecule has 1 aromatic carbocycles. The Labute approximate surface area is 138 Å². The lowest BCUT2D eigenvalue weighted by Gasteiger charge is -2.35. The number of alkyl halides is 3. The lowest BCUT2D eigenvalue weighted by Crippen LogP contribution is -2.50. The highest BCUT2D eigenvalue weighted by Gasteiger charge is 2.29. The Morgan fingerprint density at radius 3 is 2.38 bits per heavy atom. The molecule has 1 aliphatic rings. The van der Waals surface area contributed by atoms with E-state index in [1.807, 2.05) is 35.2 Å². The van der Waals surface area contributed by atoms with Gasteiger partial charge < -0.3 is 14.7 Å².